The van der Waals surface area contributed by atoms with Crippen molar-refractivity contribution >= 4 is 47.4 Å². The molecule has 1 fully saturated rings. The maximum atomic E-state index is 12.3. The van der Waals surface area contributed by atoms with Crippen molar-refractivity contribution in [1.82, 2.24) is 15.5 Å². The molecule has 1 saturated heterocycles. The third kappa shape index (κ3) is 8.42. The quantitative estimate of drug-likeness (QED) is 0.201. The predicted octanol–water partition coefficient (Wildman–Crippen LogP) is 2.48. The highest BCUT2D eigenvalue weighted by atomic mass is 127. The molecule has 0 aromatic heterocycles. The Morgan fingerprint density at radius 1 is 1.18 bits per heavy atom. The first-order valence-electron chi connectivity index (χ1n) is 10.7. The van der Waals surface area contributed by atoms with Crippen molar-refractivity contribution in [2.75, 3.05) is 38.5 Å². The first kappa shape index (κ1) is 26.2. The number of nitrogens with zero attached hydrogens (tertiary/aromatic N) is 2. The third-order valence-corrected chi connectivity index (χ3v) is 5.32. The largest absolute Gasteiger partial charge is 0.356 e. The van der Waals surface area contributed by atoms with Gasteiger partial charge in [-0.15, -0.1) is 30.4 Å². The molecule has 8 heteroatoms. The van der Waals surface area contributed by atoms with Gasteiger partial charge in [-0.25, -0.2) is 0 Å². The summed E-state index contributed by atoms with van der Waals surface area (Å²) in [6, 6.07) is 17.3. The molecular formula is C25H30IN5O2. The molecule has 0 saturated carbocycles. The van der Waals surface area contributed by atoms with Crippen molar-refractivity contribution in [2.45, 2.75) is 12.8 Å². The second-order valence-electron chi connectivity index (χ2n) is 7.73. The lowest BCUT2D eigenvalue weighted by atomic mass is 10.1. The lowest BCUT2D eigenvalue weighted by Crippen LogP contribution is -2.43. The molecule has 2 aromatic rings. The van der Waals surface area contributed by atoms with E-state index in [9.17, 15) is 9.59 Å². The number of carbonyl (C=O) groups excluding carboxylic acids is 2. The summed E-state index contributed by atoms with van der Waals surface area (Å²) in [4.78, 5) is 30.6. The van der Waals surface area contributed by atoms with Crippen LogP contribution in [0.2, 0.25) is 0 Å². The van der Waals surface area contributed by atoms with E-state index in [1.165, 1.54) is 5.56 Å². The van der Waals surface area contributed by atoms with Crippen LogP contribution in [-0.4, -0.2) is 55.9 Å². The molecule has 1 aliphatic heterocycles. The van der Waals surface area contributed by atoms with Gasteiger partial charge in [0.25, 0.3) is 0 Å². The Morgan fingerprint density at radius 2 is 1.97 bits per heavy atom. The summed E-state index contributed by atoms with van der Waals surface area (Å²) in [6.45, 7) is 2.13. The molecule has 0 aliphatic carbocycles. The van der Waals surface area contributed by atoms with Gasteiger partial charge in [-0.1, -0.05) is 42.3 Å². The van der Waals surface area contributed by atoms with Crippen LogP contribution < -0.4 is 16.0 Å². The number of carbonyl (C=O) groups is 2. The average Bonchev–Trinajstić information content (AvgIpc) is 3.18. The fourth-order valence-electron chi connectivity index (χ4n) is 3.63. The highest BCUT2D eigenvalue weighted by Gasteiger charge is 2.29. The van der Waals surface area contributed by atoms with Crippen molar-refractivity contribution in [1.29, 1.82) is 0 Å². The van der Waals surface area contributed by atoms with E-state index in [4.69, 9.17) is 6.42 Å². The highest BCUT2D eigenvalue weighted by Crippen LogP contribution is 2.17. The Balaban J connectivity index is 0.00000385. The van der Waals surface area contributed by atoms with Crippen LogP contribution >= 0.6 is 24.0 Å². The van der Waals surface area contributed by atoms with Crippen LogP contribution in [0.25, 0.3) is 0 Å². The van der Waals surface area contributed by atoms with Crippen LogP contribution in [0, 0.1) is 18.3 Å². The Kier molecular flexibility index (Phi) is 10.7. The van der Waals surface area contributed by atoms with E-state index in [0.29, 0.717) is 30.2 Å². The summed E-state index contributed by atoms with van der Waals surface area (Å²) in [5.74, 6) is 3.25. The van der Waals surface area contributed by atoms with Gasteiger partial charge in [0.1, 0.15) is 0 Å². The first-order valence-corrected chi connectivity index (χ1v) is 10.7. The fourth-order valence-corrected chi connectivity index (χ4v) is 3.63. The minimum Gasteiger partial charge on any atom is -0.356 e. The van der Waals surface area contributed by atoms with Gasteiger partial charge >= 0.3 is 0 Å². The standard InChI is InChI=1S/C25H29N5O2.HI/c1-3-19-10-7-11-22(14-19)29-23(31)17-28-25(26-2)27-16-21-15-24(32)30(18-21)13-12-20-8-5-4-6-9-20;/h1,4-11,14,21H,12-13,15-18H2,2H3,(H,29,31)(H2,26,27,28);1H. The molecule has 1 atom stereocenters. The zero-order valence-corrected chi connectivity index (χ0v) is 21.0. The predicted molar refractivity (Wildman–Crippen MR) is 143 cm³/mol. The van der Waals surface area contributed by atoms with Gasteiger partial charge in [-0.2, -0.15) is 0 Å². The summed E-state index contributed by atoms with van der Waals surface area (Å²) >= 11 is 0. The Bertz CT molecular complexity index is 1000. The number of hydrogen-bond acceptors (Lipinski definition) is 3. The number of nitrogens with one attached hydrogen (secondary N) is 3. The van der Waals surface area contributed by atoms with E-state index in [1.54, 1.807) is 31.3 Å². The normalized spacial score (nSPS) is 15.4. The Hall–Kier alpha value is -3.06. The van der Waals surface area contributed by atoms with E-state index >= 15 is 0 Å². The molecule has 0 bridgehead atoms. The number of benzene rings is 2. The van der Waals surface area contributed by atoms with Crippen LogP contribution in [0.4, 0.5) is 5.69 Å². The molecule has 174 valence electrons. The smallest absolute Gasteiger partial charge is 0.243 e. The number of hydrogen-bond donors (Lipinski definition) is 3. The van der Waals surface area contributed by atoms with Crippen molar-refractivity contribution < 1.29 is 9.59 Å². The number of likely N-dealkylation sites (tertiary alicyclic amines) is 1. The Morgan fingerprint density at radius 3 is 2.70 bits per heavy atom. The average molecular weight is 559 g/mol. The molecule has 7 nitrogen and oxygen atoms in total. The molecule has 0 radical (unpaired) electrons. The zero-order valence-electron chi connectivity index (χ0n) is 18.7. The second kappa shape index (κ2) is 13.5. The molecule has 1 unspecified atom stereocenters. The third-order valence-electron chi connectivity index (χ3n) is 5.32. The van der Waals surface area contributed by atoms with Gasteiger partial charge < -0.3 is 20.9 Å². The number of guanidine groups is 1. The lowest BCUT2D eigenvalue weighted by Gasteiger charge is -2.18. The molecule has 2 amide bonds. The second-order valence-corrected chi connectivity index (χ2v) is 7.73. The van der Waals surface area contributed by atoms with E-state index < -0.39 is 0 Å². The van der Waals surface area contributed by atoms with Gasteiger partial charge in [-0.05, 0) is 30.2 Å². The fraction of sp³-hybridized carbons (Fsp3) is 0.320. The summed E-state index contributed by atoms with van der Waals surface area (Å²) < 4.78 is 0. The monoisotopic (exact) mass is 559 g/mol. The molecule has 2 aromatic carbocycles. The molecule has 33 heavy (non-hydrogen) atoms. The van der Waals surface area contributed by atoms with Crippen LogP contribution in [0.1, 0.15) is 17.5 Å². The van der Waals surface area contributed by atoms with Crippen molar-refractivity contribution in [2.24, 2.45) is 10.9 Å². The van der Waals surface area contributed by atoms with Crippen molar-refractivity contribution in [3.63, 3.8) is 0 Å². The molecule has 3 N–H and O–H groups in total. The number of aliphatic imine (C=N–C) groups is 1. The van der Waals surface area contributed by atoms with E-state index in [2.05, 4.69) is 39.0 Å². The molecule has 3 rings (SSSR count). The van der Waals surface area contributed by atoms with Crippen LogP contribution in [0.15, 0.2) is 59.6 Å². The van der Waals surface area contributed by atoms with E-state index in [1.807, 2.05) is 23.1 Å². The summed E-state index contributed by atoms with van der Waals surface area (Å²) in [7, 11) is 1.65. The van der Waals surface area contributed by atoms with Gasteiger partial charge in [0.15, 0.2) is 5.96 Å². The van der Waals surface area contributed by atoms with Crippen LogP contribution in [0.5, 0.6) is 0 Å². The topological polar surface area (TPSA) is 85.8 Å². The lowest BCUT2D eigenvalue weighted by molar-refractivity contribution is -0.127. The SMILES string of the molecule is C#Cc1cccc(NC(=O)CNC(=NC)NCC2CC(=O)N(CCc3ccccc3)C2)c1.I. The first-order chi connectivity index (χ1) is 15.6. The van der Waals surface area contributed by atoms with Crippen molar-refractivity contribution in [3.8, 4) is 12.3 Å². The maximum absolute atomic E-state index is 12.3. The number of halogens is 1. The molecule has 1 heterocycles. The molecular weight excluding hydrogens is 529 g/mol. The van der Waals surface area contributed by atoms with Gasteiger partial charge in [0, 0.05) is 50.3 Å². The molecule has 1 aliphatic rings. The van der Waals surface area contributed by atoms with Gasteiger partial charge in [-0.3, -0.25) is 14.6 Å². The van der Waals surface area contributed by atoms with Gasteiger partial charge in [0.2, 0.25) is 11.8 Å². The number of rotatable bonds is 8. The number of amides is 2. The minimum absolute atomic E-state index is 0. The van der Waals surface area contributed by atoms with Crippen molar-refractivity contribution in [3.05, 3.63) is 65.7 Å². The maximum Gasteiger partial charge on any atom is 0.243 e. The number of terminal acetylenes is 1. The van der Waals surface area contributed by atoms with E-state index in [0.717, 1.165) is 19.5 Å². The van der Waals surface area contributed by atoms with Crippen LogP contribution in [0.3, 0.4) is 0 Å². The Labute approximate surface area is 212 Å². The summed E-state index contributed by atoms with van der Waals surface area (Å²) in [6.07, 6.45) is 6.76. The summed E-state index contributed by atoms with van der Waals surface area (Å²) in [5.41, 5.74) is 2.59. The van der Waals surface area contributed by atoms with Gasteiger partial charge in [0.05, 0.1) is 6.54 Å². The number of anilines is 1. The van der Waals surface area contributed by atoms with Crippen LogP contribution in [-0.2, 0) is 16.0 Å². The van der Waals surface area contributed by atoms with E-state index in [-0.39, 0.29) is 48.3 Å². The highest BCUT2D eigenvalue weighted by molar-refractivity contribution is 14.0. The molecule has 0 spiro atoms. The zero-order chi connectivity index (χ0) is 22.8. The minimum atomic E-state index is -0.203. The summed E-state index contributed by atoms with van der Waals surface area (Å²) in [5, 5.41) is 9.02.